The molecule has 4 heterocycles. The Morgan fingerprint density at radius 1 is 0.306 bits per heavy atom. The highest BCUT2D eigenvalue weighted by Crippen LogP contribution is 2.42. The van der Waals surface area contributed by atoms with Crippen molar-refractivity contribution < 1.29 is 0 Å². The van der Waals surface area contributed by atoms with Gasteiger partial charge >= 0.3 is 0 Å². The molecule has 0 saturated heterocycles. The summed E-state index contributed by atoms with van der Waals surface area (Å²) in [5.74, 6) is 1.56. The Morgan fingerprint density at radius 2 is 0.758 bits per heavy atom. The van der Waals surface area contributed by atoms with Crippen molar-refractivity contribution in [1.29, 1.82) is 0 Å². The van der Waals surface area contributed by atoms with Crippen molar-refractivity contribution in [3.63, 3.8) is 0 Å². The van der Waals surface area contributed by atoms with Crippen LogP contribution in [0.3, 0.4) is 0 Å². The van der Waals surface area contributed by atoms with Crippen LogP contribution < -0.4 is 0 Å². The summed E-state index contributed by atoms with van der Waals surface area (Å²) < 4.78 is 4.43. The maximum Gasteiger partial charge on any atom is 0.164 e. The maximum absolute atomic E-state index is 5.41. The first-order valence-corrected chi connectivity index (χ1v) is 20.8. The average molecular weight is 793 g/mol. The van der Waals surface area contributed by atoms with Crippen LogP contribution in [0.4, 0.5) is 0 Å². The molecular formula is C56H36N6. The van der Waals surface area contributed by atoms with Crippen molar-refractivity contribution >= 4 is 43.9 Å². The number of fused-ring (bicyclic) bond motifs is 5. The van der Waals surface area contributed by atoms with Crippen molar-refractivity contribution in [3.05, 3.63) is 219 Å². The van der Waals surface area contributed by atoms with Gasteiger partial charge in [0.15, 0.2) is 11.3 Å². The van der Waals surface area contributed by atoms with Gasteiger partial charge in [-0.2, -0.15) is 0 Å². The van der Waals surface area contributed by atoms with Gasteiger partial charge in [-0.3, -0.25) is 9.13 Å². The number of aromatic nitrogens is 6. The predicted molar refractivity (Wildman–Crippen MR) is 253 cm³/mol. The summed E-state index contributed by atoms with van der Waals surface area (Å²) in [6.07, 6.45) is 3.69. The van der Waals surface area contributed by atoms with E-state index in [4.69, 9.17) is 19.9 Å². The molecule has 0 bridgehead atoms. The third-order valence-corrected chi connectivity index (χ3v) is 11.8. The summed E-state index contributed by atoms with van der Waals surface area (Å²) in [5.41, 5.74) is 13.6. The van der Waals surface area contributed by atoms with Gasteiger partial charge in [0, 0.05) is 34.6 Å². The van der Waals surface area contributed by atoms with Gasteiger partial charge < -0.3 is 0 Å². The molecule has 0 unspecified atom stereocenters. The zero-order valence-electron chi connectivity index (χ0n) is 33.5. The van der Waals surface area contributed by atoms with E-state index < -0.39 is 0 Å². The summed E-state index contributed by atoms with van der Waals surface area (Å²) in [7, 11) is 0. The minimum atomic E-state index is 0.778. The van der Waals surface area contributed by atoms with Crippen molar-refractivity contribution in [3.8, 4) is 67.5 Å². The summed E-state index contributed by atoms with van der Waals surface area (Å²) in [5, 5.41) is 4.77. The highest BCUT2D eigenvalue weighted by molar-refractivity contribution is 6.14. The predicted octanol–water partition coefficient (Wildman–Crippen LogP) is 13.8. The smallest absolute Gasteiger partial charge is 0.164 e. The zero-order chi connectivity index (χ0) is 41.0. The molecule has 8 aromatic carbocycles. The third-order valence-electron chi connectivity index (χ3n) is 11.8. The van der Waals surface area contributed by atoms with E-state index in [9.17, 15) is 0 Å². The number of hydrogen-bond acceptors (Lipinski definition) is 4. The van der Waals surface area contributed by atoms with E-state index in [2.05, 4.69) is 191 Å². The summed E-state index contributed by atoms with van der Waals surface area (Å²) in [4.78, 5) is 20.8. The standard InChI is InChI=1S/C56H36N6/c1-3-17-37(18-4-1)44-23-11-13-29-51(44)61-53(59-49-27-15-31-57-55(49)61)41-33-40(48-36-39-21-7-8-22-43(39)46-25-9-10-26-47(46)48)34-42(35-41)54-60-50-28-16-32-58-56(50)62(54)52-30-14-12-24-45(52)38-19-5-2-6-20-38/h1-36H. The van der Waals surface area contributed by atoms with Gasteiger partial charge in [-0.25, -0.2) is 19.9 Å². The van der Waals surface area contributed by atoms with Gasteiger partial charge in [-0.15, -0.1) is 0 Å². The molecule has 0 aliphatic heterocycles. The van der Waals surface area contributed by atoms with Crippen LogP contribution in [0.2, 0.25) is 0 Å². The van der Waals surface area contributed by atoms with E-state index in [0.29, 0.717) is 0 Å². The Hall–Kier alpha value is -8.48. The molecule has 12 aromatic rings. The number of benzene rings is 8. The van der Waals surface area contributed by atoms with Crippen LogP contribution in [0.1, 0.15) is 0 Å². The highest BCUT2D eigenvalue weighted by atomic mass is 15.1. The van der Waals surface area contributed by atoms with Crippen LogP contribution >= 0.6 is 0 Å². The molecule has 12 rings (SSSR count). The topological polar surface area (TPSA) is 61.4 Å². The number of pyridine rings is 2. The van der Waals surface area contributed by atoms with Gasteiger partial charge in [-0.1, -0.05) is 146 Å². The van der Waals surface area contributed by atoms with Gasteiger partial charge in [0.05, 0.1) is 11.4 Å². The lowest BCUT2D eigenvalue weighted by Crippen LogP contribution is -2.03. The Morgan fingerprint density at radius 3 is 1.32 bits per heavy atom. The number of hydrogen-bond donors (Lipinski definition) is 0. The van der Waals surface area contributed by atoms with Crippen molar-refractivity contribution in [2.24, 2.45) is 0 Å². The molecule has 6 nitrogen and oxygen atoms in total. The molecule has 0 amide bonds. The normalized spacial score (nSPS) is 11.5. The molecule has 4 aromatic heterocycles. The first-order chi connectivity index (χ1) is 30.8. The Kier molecular flexibility index (Phi) is 8.38. The molecule has 0 atom stereocenters. The molecular weight excluding hydrogens is 757 g/mol. The van der Waals surface area contributed by atoms with Gasteiger partial charge in [0.25, 0.3) is 0 Å². The third kappa shape index (κ3) is 5.88. The molecule has 6 heteroatoms. The quantitative estimate of drug-likeness (QED) is 0.151. The van der Waals surface area contributed by atoms with Crippen molar-refractivity contribution in [2.75, 3.05) is 0 Å². The van der Waals surface area contributed by atoms with E-state index in [1.54, 1.807) is 0 Å². The summed E-state index contributed by atoms with van der Waals surface area (Å²) in [6, 6.07) is 72.5. The number of rotatable bonds is 7. The minimum absolute atomic E-state index is 0.778. The van der Waals surface area contributed by atoms with Crippen LogP contribution in [-0.4, -0.2) is 29.1 Å². The van der Waals surface area contributed by atoms with Crippen molar-refractivity contribution in [2.45, 2.75) is 0 Å². The fraction of sp³-hybridized carbons (Fsp3) is 0. The zero-order valence-corrected chi connectivity index (χ0v) is 33.5. The number of imidazole rings is 2. The van der Waals surface area contributed by atoms with Crippen LogP contribution in [0.15, 0.2) is 219 Å². The molecule has 0 fully saturated rings. The van der Waals surface area contributed by atoms with Gasteiger partial charge in [0.2, 0.25) is 0 Å². The summed E-state index contributed by atoms with van der Waals surface area (Å²) in [6.45, 7) is 0. The minimum Gasteiger partial charge on any atom is -0.276 e. The first-order valence-electron chi connectivity index (χ1n) is 20.8. The van der Waals surface area contributed by atoms with Crippen LogP contribution in [0.5, 0.6) is 0 Å². The lowest BCUT2D eigenvalue weighted by molar-refractivity contribution is 1.07. The van der Waals surface area contributed by atoms with E-state index in [0.717, 1.165) is 89.9 Å². The number of nitrogens with zero attached hydrogens (tertiary/aromatic N) is 6. The van der Waals surface area contributed by atoms with Crippen LogP contribution in [0.25, 0.3) is 111 Å². The molecule has 0 aliphatic rings. The highest BCUT2D eigenvalue weighted by Gasteiger charge is 2.24. The Labute approximate surface area is 357 Å². The number of para-hydroxylation sites is 2. The molecule has 0 radical (unpaired) electrons. The van der Waals surface area contributed by atoms with Gasteiger partial charge in [-0.05, 0) is 104 Å². The molecule has 290 valence electrons. The maximum atomic E-state index is 5.41. The van der Waals surface area contributed by atoms with E-state index in [1.807, 2.05) is 36.7 Å². The molecule has 0 aliphatic carbocycles. The van der Waals surface area contributed by atoms with E-state index >= 15 is 0 Å². The van der Waals surface area contributed by atoms with Crippen molar-refractivity contribution in [1.82, 2.24) is 29.1 Å². The second kappa shape index (κ2) is 14.7. The Bertz CT molecular complexity index is 3460. The molecule has 0 saturated carbocycles. The SMILES string of the molecule is c1ccc(-c2ccccc2-n2c(-c3cc(-c4cc5ccccc5c5ccccc45)cc(-c4nc5cccnc5n4-c4ccccc4-c4ccccc4)c3)nc3cccnc32)cc1. The largest absolute Gasteiger partial charge is 0.276 e. The second-order valence-electron chi connectivity index (χ2n) is 15.5. The molecule has 0 spiro atoms. The summed E-state index contributed by atoms with van der Waals surface area (Å²) >= 11 is 0. The monoisotopic (exact) mass is 792 g/mol. The molecule has 0 N–H and O–H groups in total. The lowest BCUT2D eigenvalue weighted by Gasteiger charge is -2.18. The van der Waals surface area contributed by atoms with E-state index in [-0.39, 0.29) is 0 Å². The average Bonchev–Trinajstić information content (AvgIpc) is 3.94. The van der Waals surface area contributed by atoms with Crippen LogP contribution in [-0.2, 0) is 0 Å². The second-order valence-corrected chi connectivity index (χ2v) is 15.5. The van der Waals surface area contributed by atoms with E-state index in [1.165, 1.54) is 21.5 Å². The van der Waals surface area contributed by atoms with Gasteiger partial charge in [0.1, 0.15) is 22.7 Å². The Balaban J connectivity index is 1.19. The molecule has 62 heavy (non-hydrogen) atoms. The fourth-order valence-electron chi connectivity index (χ4n) is 9.06. The van der Waals surface area contributed by atoms with Crippen LogP contribution in [0, 0.1) is 0 Å². The lowest BCUT2D eigenvalue weighted by atomic mass is 9.91. The first kappa shape index (κ1) is 35.5. The fourth-order valence-corrected chi connectivity index (χ4v) is 9.06.